The molecule has 1 aromatic carbocycles. The minimum Gasteiger partial charge on any atom is -0.472 e. The van der Waals surface area contributed by atoms with E-state index in [1.54, 1.807) is 41.4 Å². The number of carbonyl (C=O) groups excluding carboxylic acids is 1. The monoisotopic (exact) mass is 344 g/mol. The molecule has 1 fully saturated rings. The Kier molecular flexibility index (Phi) is 5.28. The first-order valence-electron chi connectivity index (χ1n) is 8.29. The summed E-state index contributed by atoms with van der Waals surface area (Å²) in [5.41, 5.74) is 0.791. The highest BCUT2D eigenvalue weighted by atomic mass is 19.1. The van der Waals surface area contributed by atoms with Gasteiger partial charge in [-0.2, -0.15) is 0 Å². The van der Waals surface area contributed by atoms with Crippen molar-refractivity contribution in [1.29, 1.82) is 0 Å². The number of morpholine rings is 1. The van der Waals surface area contributed by atoms with Crippen LogP contribution in [0.25, 0.3) is 0 Å². The van der Waals surface area contributed by atoms with Gasteiger partial charge < -0.3 is 14.4 Å². The van der Waals surface area contributed by atoms with Crippen molar-refractivity contribution < 1.29 is 18.7 Å². The number of aromatic nitrogens is 1. The van der Waals surface area contributed by atoms with E-state index >= 15 is 0 Å². The average molecular weight is 344 g/mol. The third-order valence-corrected chi connectivity index (χ3v) is 4.23. The van der Waals surface area contributed by atoms with Gasteiger partial charge >= 0.3 is 0 Å². The van der Waals surface area contributed by atoms with E-state index in [-0.39, 0.29) is 36.3 Å². The van der Waals surface area contributed by atoms with E-state index in [2.05, 4.69) is 4.98 Å². The molecule has 0 aliphatic carbocycles. The molecule has 0 spiro atoms. The molecular weight excluding hydrogens is 323 g/mol. The maximum absolute atomic E-state index is 13.8. The number of ether oxygens (including phenoxy) is 2. The molecule has 0 bridgehead atoms. The van der Waals surface area contributed by atoms with Gasteiger partial charge in [-0.3, -0.25) is 4.79 Å². The van der Waals surface area contributed by atoms with E-state index in [1.807, 2.05) is 13.8 Å². The van der Waals surface area contributed by atoms with Gasteiger partial charge in [-0.25, -0.2) is 9.37 Å². The first-order valence-corrected chi connectivity index (χ1v) is 8.29. The average Bonchev–Trinajstić information content (AvgIpc) is 2.61. The lowest BCUT2D eigenvalue weighted by Gasteiger charge is -2.38. The quantitative estimate of drug-likeness (QED) is 0.855. The summed E-state index contributed by atoms with van der Waals surface area (Å²) in [6.45, 7) is 4.91. The SMILES string of the molecule is CC1COCC(C)N1C(=O)c1cccnc1OCc1ccccc1F. The van der Waals surface area contributed by atoms with Crippen molar-refractivity contribution in [3.8, 4) is 5.88 Å². The molecule has 0 saturated carbocycles. The summed E-state index contributed by atoms with van der Waals surface area (Å²) in [7, 11) is 0. The molecule has 1 aromatic heterocycles. The molecule has 2 heterocycles. The Balaban J connectivity index is 1.81. The lowest BCUT2D eigenvalue weighted by Crippen LogP contribution is -2.52. The number of nitrogens with zero attached hydrogens (tertiary/aromatic N) is 2. The van der Waals surface area contributed by atoms with Crippen LogP contribution in [0.4, 0.5) is 4.39 Å². The van der Waals surface area contributed by atoms with Gasteiger partial charge in [-0.1, -0.05) is 18.2 Å². The van der Waals surface area contributed by atoms with E-state index in [0.29, 0.717) is 24.3 Å². The zero-order chi connectivity index (χ0) is 17.8. The summed E-state index contributed by atoms with van der Waals surface area (Å²) in [4.78, 5) is 19.0. The first-order chi connectivity index (χ1) is 12.1. The van der Waals surface area contributed by atoms with Gasteiger partial charge in [0.2, 0.25) is 5.88 Å². The largest absolute Gasteiger partial charge is 0.472 e. The van der Waals surface area contributed by atoms with E-state index < -0.39 is 0 Å². The molecule has 0 radical (unpaired) electrons. The smallest absolute Gasteiger partial charge is 0.259 e. The van der Waals surface area contributed by atoms with Crippen LogP contribution in [-0.4, -0.2) is 41.1 Å². The van der Waals surface area contributed by atoms with Crippen LogP contribution in [0.15, 0.2) is 42.6 Å². The van der Waals surface area contributed by atoms with E-state index in [1.165, 1.54) is 6.07 Å². The van der Waals surface area contributed by atoms with E-state index in [9.17, 15) is 9.18 Å². The lowest BCUT2D eigenvalue weighted by molar-refractivity contribution is -0.0251. The number of rotatable bonds is 4. The zero-order valence-corrected chi connectivity index (χ0v) is 14.3. The van der Waals surface area contributed by atoms with E-state index in [0.717, 1.165) is 0 Å². The second-order valence-corrected chi connectivity index (χ2v) is 6.18. The van der Waals surface area contributed by atoms with Gasteiger partial charge in [0.05, 0.1) is 25.3 Å². The van der Waals surface area contributed by atoms with Crippen molar-refractivity contribution in [2.75, 3.05) is 13.2 Å². The highest BCUT2D eigenvalue weighted by Crippen LogP contribution is 2.23. The maximum atomic E-state index is 13.8. The molecule has 25 heavy (non-hydrogen) atoms. The van der Waals surface area contributed by atoms with Gasteiger partial charge in [0.1, 0.15) is 18.0 Å². The molecule has 2 atom stereocenters. The van der Waals surface area contributed by atoms with Crippen LogP contribution in [0.5, 0.6) is 5.88 Å². The predicted molar refractivity (Wildman–Crippen MR) is 90.9 cm³/mol. The highest BCUT2D eigenvalue weighted by molar-refractivity contribution is 5.96. The Bertz CT molecular complexity index is 743. The van der Waals surface area contributed by atoms with Crippen LogP contribution in [0.3, 0.4) is 0 Å². The standard InChI is InChI=1S/C19H21FN2O3/c1-13-10-24-11-14(2)22(13)19(23)16-7-5-9-21-18(16)25-12-15-6-3-4-8-17(15)20/h3-9,13-14H,10-12H2,1-2H3. The van der Waals surface area contributed by atoms with Gasteiger partial charge in [-0.15, -0.1) is 0 Å². The number of hydrogen-bond acceptors (Lipinski definition) is 4. The lowest BCUT2D eigenvalue weighted by atomic mass is 10.1. The van der Waals surface area contributed by atoms with Gasteiger partial charge in [-0.05, 0) is 32.0 Å². The minimum absolute atomic E-state index is 0.0121. The molecular formula is C19H21FN2O3. The Labute approximate surface area is 146 Å². The minimum atomic E-state index is -0.346. The van der Waals surface area contributed by atoms with E-state index in [4.69, 9.17) is 9.47 Å². The van der Waals surface area contributed by atoms with Gasteiger partial charge in [0.15, 0.2) is 0 Å². The fraction of sp³-hybridized carbons (Fsp3) is 0.368. The highest BCUT2D eigenvalue weighted by Gasteiger charge is 2.32. The van der Waals surface area contributed by atoms with Gasteiger partial charge in [0.25, 0.3) is 5.91 Å². The second kappa shape index (κ2) is 7.61. The van der Waals surface area contributed by atoms with Crippen LogP contribution in [0, 0.1) is 5.82 Å². The molecule has 1 aliphatic rings. The Morgan fingerprint density at radius 2 is 1.96 bits per heavy atom. The number of hydrogen-bond donors (Lipinski definition) is 0. The summed E-state index contributed by atoms with van der Waals surface area (Å²) in [6, 6.07) is 9.69. The summed E-state index contributed by atoms with van der Waals surface area (Å²) in [6.07, 6.45) is 1.56. The summed E-state index contributed by atoms with van der Waals surface area (Å²) in [5.74, 6) is -0.289. The number of amides is 1. The number of benzene rings is 1. The van der Waals surface area contributed by atoms with Crippen molar-refractivity contribution >= 4 is 5.91 Å². The molecule has 1 amide bonds. The zero-order valence-electron chi connectivity index (χ0n) is 14.3. The third kappa shape index (κ3) is 3.79. The molecule has 3 rings (SSSR count). The van der Waals surface area contributed by atoms with Crippen molar-refractivity contribution in [3.63, 3.8) is 0 Å². The molecule has 2 unspecified atom stereocenters. The second-order valence-electron chi connectivity index (χ2n) is 6.18. The van der Waals surface area contributed by atoms with Crippen LogP contribution in [0.1, 0.15) is 29.8 Å². The van der Waals surface area contributed by atoms with Crippen molar-refractivity contribution in [2.24, 2.45) is 0 Å². The molecule has 1 aliphatic heterocycles. The van der Waals surface area contributed by atoms with Crippen molar-refractivity contribution in [3.05, 3.63) is 59.5 Å². The fourth-order valence-corrected chi connectivity index (χ4v) is 2.97. The third-order valence-electron chi connectivity index (χ3n) is 4.23. The molecule has 1 saturated heterocycles. The summed E-state index contributed by atoms with van der Waals surface area (Å²) >= 11 is 0. The Hall–Kier alpha value is -2.47. The van der Waals surface area contributed by atoms with Crippen LogP contribution < -0.4 is 4.74 Å². The molecule has 132 valence electrons. The number of pyridine rings is 1. The van der Waals surface area contributed by atoms with Crippen LogP contribution >= 0.6 is 0 Å². The Morgan fingerprint density at radius 3 is 2.68 bits per heavy atom. The molecule has 2 aromatic rings. The van der Waals surface area contributed by atoms with Crippen LogP contribution in [0.2, 0.25) is 0 Å². The summed E-state index contributed by atoms with van der Waals surface area (Å²) in [5, 5.41) is 0. The maximum Gasteiger partial charge on any atom is 0.259 e. The first kappa shape index (κ1) is 17.4. The molecule has 6 heteroatoms. The predicted octanol–water partition coefficient (Wildman–Crippen LogP) is 3.05. The molecule has 0 N–H and O–H groups in total. The van der Waals surface area contributed by atoms with Crippen molar-refractivity contribution in [1.82, 2.24) is 9.88 Å². The number of carbonyl (C=O) groups is 1. The normalized spacial score (nSPS) is 20.4. The topological polar surface area (TPSA) is 51.7 Å². The van der Waals surface area contributed by atoms with Crippen LogP contribution in [-0.2, 0) is 11.3 Å². The Morgan fingerprint density at radius 1 is 1.24 bits per heavy atom. The van der Waals surface area contributed by atoms with Gasteiger partial charge in [0, 0.05) is 11.8 Å². The fourth-order valence-electron chi connectivity index (χ4n) is 2.97. The van der Waals surface area contributed by atoms with Crippen molar-refractivity contribution in [2.45, 2.75) is 32.5 Å². The summed E-state index contributed by atoms with van der Waals surface area (Å²) < 4.78 is 24.9. The number of halogens is 1. The molecule has 5 nitrogen and oxygen atoms in total.